The molecule has 0 spiro atoms. The maximum Gasteiger partial charge on any atom is 2.00 e. The van der Waals surface area contributed by atoms with Gasteiger partial charge in [0.15, 0.2) is 11.8 Å². The molecule has 0 radical (unpaired) electrons. The number of ether oxygens (including phenoxy) is 10. The zero-order valence-electron chi connectivity index (χ0n) is 53.0. The SMILES string of the molecule is C=CC(=O)OCCCCCCOc1ccc(OC(=N)C2CCC(C(=N)Oc3ccc4c(c3)c(Oc3ccc(OCCCCC[CH2-])cc3)nc3cc(OC(=O)C5CCC(C(=O)Oc6ccc(OCCCCCCOC(=O)C=C)cc6)CC5)ccc34)CC2)cc1.C=C[C-]=O.[U+2]. The summed E-state index contributed by atoms with van der Waals surface area (Å²) in [6.07, 6.45) is 20.4. The number of esters is 4. The number of unbranched alkanes of at least 4 members (excludes halogenated alkanes) is 9. The summed E-state index contributed by atoms with van der Waals surface area (Å²) in [5.74, 6) is 2.55. The smallest absolute Gasteiger partial charge is 0.494 e. The molecule has 2 aliphatic carbocycles. The second-order valence-corrected chi connectivity index (χ2v) is 22.5. The van der Waals surface area contributed by atoms with Crippen LogP contribution in [0.3, 0.4) is 0 Å². The Labute approximate surface area is 569 Å². The van der Waals surface area contributed by atoms with E-state index in [4.69, 9.17) is 68.0 Å². The fourth-order valence-electron chi connectivity index (χ4n) is 10.7. The summed E-state index contributed by atoms with van der Waals surface area (Å²) in [7, 11) is 0. The molecule has 1 aromatic heterocycles. The van der Waals surface area contributed by atoms with Crippen LogP contribution in [-0.2, 0) is 33.4 Å². The number of nitrogens with zero attached hydrogens (tertiary/aromatic N) is 1. The van der Waals surface area contributed by atoms with E-state index >= 15 is 0 Å². The molecule has 0 aliphatic heterocycles. The number of hydrogen-bond donors (Lipinski definition) is 2. The van der Waals surface area contributed by atoms with Crippen molar-refractivity contribution >= 4 is 63.6 Å². The predicted molar refractivity (Wildman–Crippen MR) is 353 cm³/mol. The van der Waals surface area contributed by atoms with Crippen molar-refractivity contribution < 1.29 is 102 Å². The Morgan fingerprint density at radius 2 is 0.806 bits per heavy atom. The first-order chi connectivity index (χ1) is 44.9. The van der Waals surface area contributed by atoms with E-state index in [0.717, 1.165) is 111 Å². The van der Waals surface area contributed by atoms with Crippen molar-refractivity contribution in [2.75, 3.05) is 33.0 Å². The minimum absolute atomic E-state index is 0. The quantitative estimate of drug-likeness (QED) is 0.00550. The molecule has 0 amide bonds. The van der Waals surface area contributed by atoms with Gasteiger partial charge in [0, 0.05) is 40.8 Å². The first-order valence-electron chi connectivity index (χ1n) is 31.9. The summed E-state index contributed by atoms with van der Waals surface area (Å²) in [5, 5.41) is 20.1. The van der Waals surface area contributed by atoms with Crippen LogP contribution in [0.4, 0.5) is 0 Å². The van der Waals surface area contributed by atoms with Crippen molar-refractivity contribution in [2.24, 2.45) is 23.7 Å². The molecule has 8 rings (SSSR count). The Kier molecular flexibility index (Phi) is 32.3. The molecule has 93 heavy (non-hydrogen) atoms. The summed E-state index contributed by atoms with van der Waals surface area (Å²) in [4.78, 5) is 63.2. The number of carbonyl (C=O) groups excluding carboxylic acids is 5. The van der Waals surface area contributed by atoms with Gasteiger partial charge in [0.1, 0.15) is 46.0 Å². The molecule has 5 aromatic carbocycles. The number of aromatic nitrogens is 1. The van der Waals surface area contributed by atoms with Gasteiger partial charge in [0.05, 0.1) is 50.4 Å². The van der Waals surface area contributed by atoms with Crippen LogP contribution in [0.5, 0.6) is 51.9 Å². The van der Waals surface area contributed by atoms with E-state index in [1.165, 1.54) is 12.4 Å². The van der Waals surface area contributed by atoms with Crippen LogP contribution >= 0.6 is 0 Å². The molecule has 2 N–H and O–H groups in total. The van der Waals surface area contributed by atoms with Gasteiger partial charge in [-0.05, 0) is 224 Å². The van der Waals surface area contributed by atoms with Crippen molar-refractivity contribution in [3.63, 3.8) is 0 Å². The number of carbonyl (C=O) groups is 4. The predicted octanol–water partition coefficient (Wildman–Crippen LogP) is 16.1. The number of fused-ring (bicyclic) bond motifs is 3. The van der Waals surface area contributed by atoms with Gasteiger partial charge in [0.25, 0.3) is 0 Å². The fraction of sp³-hybridized carbons (Fsp3) is 0.392. The van der Waals surface area contributed by atoms with E-state index in [-0.39, 0.29) is 72.6 Å². The second-order valence-electron chi connectivity index (χ2n) is 22.5. The van der Waals surface area contributed by atoms with Crippen LogP contribution in [0.2, 0.25) is 0 Å². The zero-order valence-corrected chi connectivity index (χ0v) is 57.2. The van der Waals surface area contributed by atoms with Gasteiger partial charge in [-0.15, -0.1) is 0 Å². The van der Waals surface area contributed by atoms with Crippen molar-refractivity contribution in [1.29, 1.82) is 10.8 Å². The molecule has 1 heterocycles. The minimum Gasteiger partial charge on any atom is -0.494 e. The van der Waals surface area contributed by atoms with E-state index in [1.807, 2.05) is 60.7 Å². The number of allylic oxidation sites excluding steroid dienone is 1. The standard InChI is InChI=1S/C71H82N3O14.C3H3O.U/c1-4-7-8-13-42-79-54-28-34-57(35-29-54)86-69-63-47-59(85-68(73)50-20-18-49(19-21-50)67(72)84-56-32-26-53(27-33-56)80-43-14-9-11-16-45-82-65(75)5-2)38-40-61(63)62-41-39-60(48-64(62)74-69)88-71(78)52-24-22-51(23-25-52)70(77)87-58-36-30-55(31-37-58)81-44-15-10-12-17-46-83-66(76)6-3;1-2-3-4;/h5-6,26-41,47-52,72-73H,1-4,7-25,42-46H2;2H,1H2;/q2*-1;+2. The number of nitrogens with one attached hydrogen (secondary N) is 2. The Hall–Kier alpha value is -8.27. The molecule has 0 atom stereocenters. The fourth-order valence-corrected chi connectivity index (χ4v) is 10.7. The molecule has 18 nitrogen and oxygen atoms in total. The van der Waals surface area contributed by atoms with Crippen LogP contribution in [0, 0.1) is 72.5 Å². The van der Waals surface area contributed by atoms with Crippen molar-refractivity contribution in [2.45, 2.75) is 128 Å². The average Bonchev–Trinajstić information content (AvgIpc) is 0.790. The van der Waals surface area contributed by atoms with Gasteiger partial charge >= 0.3 is 55.0 Å². The van der Waals surface area contributed by atoms with Crippen LogP contribution in [0.1, 0.15) is 128 Å². The Morgan fingerprint density at radius 1 is 0.452 bits per heavy atom. The molecular weight excluding hydrogens is 1410 g/mol. The summed E-state index contributed by atoms with van der Waals surface area (Å²) in [6, 6.07) is 32.6. The number of rotatable bonds is 35. The van der Waals surface area contributed by atoms with Gasteiger partial charge in [-0.2, -0.15) is 6.42 Å². The molecule has 19 heteroatoms. The molecule has 0 saturated heterocycles. The molecule has 6 aromatic rings. The maximum atomic E-state index is 13.7. The van der Waals surface area contributed by atoms with E-state index in [9.17, 15) is 19.2 Å². The second kappa shape index (κ2) is 40.7. The maximum absolute atomic E-state index is 13.7. The van der Waals surface area contributed by atoms with Crippen LogP contribution < -0.4 is 37.9 Å². The van der Waals surface area contributed by atoms with Gasteiger partial charge in [-0.3, -0.25) is 20.4 Å². The summed E-state index contributed by atoms with van der Waals surface area (Å²) < 4.78 is 58.3. The number of hydrogen-bond acceptors (Lipinski definition) is 18. The third kappa shape index (κ3) is 24.9. The molecule has 0 unspecified atom stereocenters. The molecule has 490 valence electrons. The van der Waals surface area contributed by atoms with Gasteiger partial charge in [-0.1, -0.05) is 26.0 Å². The summed E-state index contributed by atoms with van der Waals surface area (Å²) in [5.41, 5.74) is 0.541. The number of pyridine rings is 1. The third-order valence-electron chi connectivity index (χ3n) is 15.8. The first kappa shape index (κ1) is 73.8. The largest absolute Gasteiger partial charge is 2.00 e. The molecule has 2 fully saturated rings. The average molecular weight is 1490 g/mol. The summed E-state index contributed by atoms with van der Waals surface area (Å²) >= 11 is 0. The van der Waals surface area contributed by atoms with Gasteiger partial charge in [-0.25, -0.2) is 27.2 Å². The van der Waals surface area contributed by atoms with Crippen molar-refractivity contribution in [1.82, 2.24) is 4.98 Å². The Morgan fingerprint density at radius 3 is 1.25 bits per heavy atom. The van der Waals surface area contributed by atoms with E-state index in [1.54, 1.807) is 48.5 Å². The molecule has 2 aliphatic rings. The Bertz CT molecular complexity index is 3390. The van der Waals surface area contributed by atoms with E-state index in [2.05, 4.69) is 26.7 Å². The summed E-state index contributed by atoms with van der Waals surface area (Å²) in [6.45, 7) is 16.2. The van der Waals surface area contributed by atoms with Gasteiger partial charge in [0.2, 0.25) is 5.88 Å². The van der Waals surface area contributed by atoms with E-state index < -0.39 is 17.9 Å². The topological polar surface area (TPSA) is 238 Å². The van der Waals surface area contributed by atoms with Gasteiger partial charge < -0.3 is 59.1 Å². The van der Waals surface area contributed by atoms with Crippen molar-refractivity contribution in [3.05, 3.63) is 154 Å². The Balaban J connectivity index is 0.00000266. The van der Waals surface area contributed by atoms with Crippen LogP contribution in [0.25, 0.3) is 21.7 Å². The van der Waals surface area contributed by atoms with Crippen LogP contribution in [0.15, 0.2) is 147 Å². The normalized spacial score (nSPS) is 15.7. The minimum atomic E-state index is -0.409. The number of benzene rings is 5. The molecule has 0 bridgehead atoms. The molecular formula is C74H85N3O15U. The first-order valence-corrected chi connectivity index (χ1v) is 31.9. The molecule has 2 saturated carbocycles. The zero-order chi connectivity index (χ0) is 65.3. The van der Waals surface area contributed by atoms with Crippen LogP contribution in [-0.4, -0.2) is 80.0 Å². The monoisotopic (exact) mass is 1490 g/mol. The van der Waals surface area contributed by atoms with Crippen molar-refractivity contribution in [3.8, 4) is 51.9 Å². The van der Waals surface area contributed by atoms with E-state index in [0.29, 0.717) is 136 Å². The third-order valence-corrected chi connectivity index (χ3v) is 15.8.